The summed E-state index contributed by atoms with van der Waals surface area (Å²) in [6.45, 7) is 2.03. The molecule has 25 heavy (non-hydrogen) atoms. The van der Waals surface area contributed by atoms with E-state index in [2.05, 4.69) is 20.6 Å². The van der Waals surface area contributed by atoms with Crippen LogP contribution in [0.15, 0.2) is 41.1 Å². The van der Waals surface area contributed by atoms with Crippen molar-refractivity contribution in [1.82, 2.24) is 25.2 Å². The molecule has 1 unspecified atom stereocenters. The minimum atomic E-state index is -0.440. The third-order valence-electron chi connectivity index (χ3n) is 3.58. The van der Waals surface area contributed by atoms with Gasteiger partial charge < -0.3 is 9.84 Å². The Morgan fingerprint density at radius 1 is 1.32 bits per heavy atom. The number of hydrogen-bond acceptors (Lipinski definition) is 7. The van der Waals surface area contributed by atoms with Crippen molar-refractivity contribution in [3.05, 3.63) is 52.5 Å². The normalized spacial score (nSPS) is 11.8. The van der Waals surface area contributed by atoms with Gasteiger partial charge in [-0.15, -0.1) is 12.4 Å². The molecule has 1 N–H and O–H groups in total. The van der Waals surface area contributed by atoms with Crippen molar-refractivity contribution in [1.29, 1.82) is 0 Å². The standard InChI is InChI=1S/C15H16N6O3.ClH/c1-10(16-2)9-14-17-15(24-19-14)13-7-8-20(18-13)11-3-5-12(6-4-11)21(22)23;/h3-8,10,16H,9H2,1-2H3;1H. The van der Waals surface area contributed by atoms with Gasteiger partial charge in [-0.1, -0.05) is 5.16 Å². The van der Waals surface area contributed by atoms with Gasteiger partial charge in [0, 0.05) is 30.8 Å². The van der Waals surface area contributed by atoms with Crippen molar-refractivity contribution in [3.63, 3.8) is 0 Å². The number of benzene rings is 1. The summed E-state index contributed by atoms with van der Waals surface area (Å²) in [7, 11) is 1.87. The molecule has 0 saturated heterocycles. The highest BCUT2D eigenvalue weighted by atomic mass is 35.5. The van der Waals surface area contributed by atoms with Gasteiger partial charge in [0.2, 0.25) is 0 Å². The van der Waals surface area contributed by atoms with Crippen LogP contribution in [0.3, 0.4) is 0 Å². The van der Waals surface area contributed by atoms with Gasteiger partial charge in [0.25, 0.3) is 11.6 Å². The maximum atomic E-state index is 10.7. The Kier molecular flexibility index (Phi) is 5.84. The Balaban J connectivity index is 0.00000225. The van der Waals surface area contributed by atoms with E-state index in [1.165, 1.54) is 12.1 Å². The molecule has 3 rings (SSSR count). The van der Waals surface area contributed by atoms with E-state index in [9.17, 15) is 10.1 Å². The first kappa shape index (κ1) is 18.6. The van der Waals surface area contributed by atoms with E-state index in [4.69, 9.17) is 4.52 Å². The maximum absolute atomic E-state index is 10.7. The van der Waals surface area contributed by atoms with E-state index < -0.39 is 4.92 Å². The number of hydrogen-bond donors (Lipinski definition) is 1. The quantitative estimate of drug-likeness (QED) is 0.527. The molecule has 132 valence electrons. The van der Waals surface area contributed by atoms with E-state index in [0.717, 1.165) is 0 Å². The number of nitro groups is 1. The lowest BCUT2D eigenvalue weighted by Crippen LogP contribution is -2.24. The molecule has 0 spiro atoms. The Labute approximate surface area is 149 Å². The van der Waals surface area contributed by atoms with E-state index in [1.54, 1.807) is 29.1 Å². The first-order chi connectivity index (χ1) is 11.6. The van der Waals surface area contributed by atoms with Crippen molar-refractivity contribution in [2.75, 3.05) is 7.05 Å². The molecule has 3 aromatic rings. The topological polar surface area (TPSA) is 112 Å². The zero-order chi connectivity index (χ0) is 17.1. The molecular weight excluding hydrogens is 348 g/mol. The number of rotatable bonds is 6. The van der Waals surface area contributed by atoms with Crippen LogP contribution < -0.4 is 5.32 Å². The lowest BCUT2D eigenvalue weighted by molar-refractivity contribution is -0.384. The first-order valence-electron chi connectivity index (χ1n) is 7.37. The third-order valence-corrected chi connectivity index (χ3v) is 3.58. The van der Waals surface area contributed by atoms with E-state index in [1.807, 2.05) is 14.0 Å². The maximum Gasteiger partial charge on any atom is 0.278 e. The largest absolute Gasteiger partial charge is 0.332 e. The molecule has 10 heteroatoms. The summed E-state index contributed by atoms with van der Waals surface area (Å²) in [5.41, 5.74) is 1.28. The average Bonchev–Trinajstić information content (AvgIpc) is 3.24. The van der Waals surface area contributed by atoms with Crippen LogP contribution >= 0.6 is 12.4 Å². The second-order valence-corrected chi connectivity index (χ2v) is 5.33. The molecule has 0 radical (unpaired) electrons. The smallest absolute Gasteiger partial charge is 0.278 e. The van der Waals surface area contributed by atoms with Crippen molar-refractivity contribution in [2.24, 2.45) is 0 Å². The van der Waals surface area contributed by atoms with E-state index in [0.29, 0.717) is 29.5 Å². The molecule has 1 atom stereocenters. The number of nitro benzene ring substituents is 1. The molecule has 9 nitrogen and oxygen atoms in total. The number of likely N-dealkylation sites (N-methyl/N-ethyl adjacent to an activating group) is 1. The van der Waals surface area contributed by atoms with Crippen LogP contribution in [0, 0.1) is 10.1 Å². The molecule has 0 aliphatic rings. The Morgan fingerprint density at radius 3 is 2.68 bits per heavy atom. The van der Waals surface area contributed by atoms with E-state index in [-0.39, 0.29) is 24.1 Å². The lowest BCUT2D eigenvalue weighted by atomic mass is 10.2. The third kappa shape index (κ3) is 4.20. The molecule has 2 heterocycles. The number of nitrogens with zero attached hydrogens (tertiary/aromatic N) is 5. The predicted molar refractivity (Wildman–Crippen MR) is 93.0 cm³/mol. The van der Waals surface area contributed by atoms with Gasteiger partial charge in [0.1, 0.15) is 0 Å². The van der Waals surface area contributed by atoms with Gasteiger partial charge in [0.15, 0.2) is 11.5 Å². The summed E-state index contributed by atoms with van der Waals surface area (Å²) < 4.78 is 6.84. The molecule has 1 aromatic carbocycles. The summed E-state index contributed by atoms with van der Waals surface area (Å²) in [5, 5.41) is 22.1. The highest BCUT2D eigenvalue weighted by Gasteiger charge is 2.14. The van der Waals surface area contributed by atoms with Crippen molar-refractivity contribution in [3.8, 4) is 17.3 Å². The average molecular weight is 365 g/mol. The van der Waals surface area contributed by atoms with Gasteiger partial charge in [-0.25, -0.2) is 4.68 Å². The number of non-ortho nitro benzene ring substituents is 1. The van der Waals surface area contributed by atoms with Crippen LogP contribution in [0.5, 0.6) is 0 Å². The minimum absolute atomic E-state index is 0. The second kappa shape index (κ2) is 7.86. The summed E-state index contributed by atoms with van der Waals surface area (Å²) >= 11 is 0. The zero-order valence-corrected chi connectivity index (χ0v) is 14.4. The molecule has 0 aliphatic carbocycles. The van der Waals surface area contributed by atoms with Crippen LogP contribution in [0.2, 0.25) is 0 Å². The number of nitrogens with one attached hydrogen (secondary N) is 1. The molecule has 0 bridgehead atoms. The van der Waals surface area contributed by atoms with E-state index >= 15 is 0 Å². The molecule has 2 aromatic heterocycles. The predicted octanol–water partition coefficient (Wildman–Crippen LogP) is 2.40. The highest BCUT2D eigenvalue weighted by Crippen LogP contribution is 2.19. The number of halogens is 1. The summed E-state index contributed by atoms with van der Waals surface area (Å²) in [6.07, 6.45) is 2.39. The lowest BCUT2D eigenvalue weighted by Gasteiger charge is -2.04. The molecule has 0 fully saturated rings. The summed E-state index contributed by atoms with van der Waals surface area (Å²) in [6, 6.07) is 8.11. The van der Waals surface area contributed by atoms with Crippen LogP contribution in [-0.4, -0.2) is 37.9 Å². The van der Waals surface area contributed by atoms with Crippen LogP contribution in [0.25, 0.3) is 17.3 Å². The molecule has 0 aliphatic heterocycles. The van der Waals surface area contributed by atoms with Crippen LogP contribution in [0.1, 0.15) is 12.7 Å². The first-order valence-corrected chi connectivity index (χ1v) is 7.37. The van der Waals surface area contributed by atoms with Crippen LogP contribution in [0.4, 0.5) is 5.69 Å². The van der Waals surface area contributed by atoms with Gasteiger partial charge in [-0.05, 0) is 32.2 Å². The summed E-state index contributed by atoms with van der Waals surface area (Å²) in [4.78, 5) is 14.6. The zero-order valence-electron chi connectivity index (χ0n) is 13.6. The number of aromatic nitrogens is 4. The Morgan fingerprint density at radius 2 is 2.04 bits per heavy atom. The monoisotopic (exact) mass is 364 g/mol. The van der Waals surface area contributed by atoms with Crippen molar-refractivity contribution >= 4 is 18.1 Å². The SMILES string of the molecule is CNC(C)Cc1noc(-c2ccn(-c3ccc([N+](=O)[O-])cc3)n2)n1.Cl. The minimum Gasteiger partial charge on any atom is -0.332 e. The molecule has 0 saturated carbocycles. The molecule has 0 amide bonds. The van der Waals surface area contributed by atoms with Crippen LogP contribution in [-0.2, 0) is 6.42 Å². The van der Waals surface area contributed by atoms with Crippen molar-refractivity contribution < 1.29 is 9.45 Å². The van der Waals surface area contributed by atoms with Gasteiger partial charge in [-0.2, -0.15) is 10.1 Å². The second-order valence-electron chi connectivity index (χ2n) is 5.33. The fourth-order valence-corrected chi connectivity index (χ4v) is 2.13. The van der Waals surface area contributed by atoms with Gasteiger partial charge in [0.05, 0.1) is 10.6 Å². The fraction of sp³-hybridized carbons (Fsp3) is 0.267. The highest BCUT2D eigenvalue weighted by molar-refractivity contribution is 5.85. The summed E-state index contributed by atoms with van der Waals surface area (Å²) in [5.74, 6) is 0.950. The molecular formula is C15H17ClN6O3. The Bertz CT molecular complexity index is 845. The fourth-order valence-electron chi connectivity index (χ4n) is 2.13. The van der Waals surface area contributed by atoms with Gasteiger partial charge >= 0.3 is 0 Å². The van der Waals surface area contributed by atoms with Gasteiger partial charge in [-0.3, -0.25) is 10.1 Å². The van der Waals surface area contributed by atoms with Crippen molar-refractivity contribution in [2.45, 2.75) is 19.4 Å². The Hall–Kier alpha value is -2.78.